The van der Waals surface area contributed by atoms with E-state index in [2.05, 4.69) is 32.8 Å². The van der Waals surface area contributed by atoms with Crippen molar-refractivity contribution >= 4 is 23.3 Å². The van der Waals surface area contributed by atoms with Crippen molar-refractivity contribution in [1.29, 1.82) is 0 Å². The van der Waals surface area contributed by atoms with Crippen LogP contribution in [0.15, 0.2) is 65.7 Å². The fraction of sp³-hybridized carbons (Fsp3) is 0.318. The SMILES string of the molecule is O=C(NCC(c1ccccc1)N1CCCC1)C1=NCC(=O)N(c2ccccc2)N1. The number of benzene rings is 2. The minimum Gasteiger partial charge on any atom is -0.347 e. The number of nitrogens with zero attached hydrogens (tertiary/aromatic N) is 3. The predicted molar refractivity (Wildman–Crippen MR) is 112 cm³/mol. The molecule has 2 heterocycles. The summed E-state index contributed by atoms with van der Waals surface area (Å²) in [7, 11) is 0. The molecule has 2 aliphatic rings. The largest absolute Gasteiger partial charge is 0.347 e. The fourth-order valence-corrected chi connectivity index (χ4v) is 3.79. The minimum absolute atomic E-state index is 0.0567. The van der Waals surface area contributed by atoms with Crippen molar-refractivity contribution in [3.63, 3.8) is 0 Å². The van der Waals surface area contributed by atoms with E-state index in [1.165, 1.54) is 23.4 Å². The summed E-state index contributed by atoms with van der Waals surface area (Å²) in [5, 5.41) is 4.37. The molecule has 1 saturated heterocycles. The van der Waals surface area contributed by atoms with Crippen LogP contribution in [0.1, 0.15) is 24.4 Å². The average Bonchev–Trinajstić information content (AvgIpc) is 3.30. The van der Waals surface area contributed by atoms with Crippen LogP contribution in [0.4, 0.5) is 5.69 Å². The van der Waals surface area contributed by atoms with Gasteiger partial charge in [0.25, 0.3) is 11.8 Å². The quantitative estimate of drug-likeness (QED) is 0.788. The number of likely N-dealkylation sites (tertiary alicyclic amines) is 1. The first-order valence-electron chi connectivity index (χ1n) is 9.98. The van der Waals surface area contributed by atoms with Crippen molar-refractivity contribution in [2.45, 2.75) is 18.9 Å². The highest BCUT2D eigenvalue weighted by Gasteiger charge is 2.28. The molecule has 4 rings (SSSR count). The number of carbonyl (C=O) groups excluding carboxylic acids is 2. The molecule has 2 N–H and O–H groups in total. The number of hydrogen-bond donors (Lipinski definition) is 2. The van der Waals surface area contributed by atoms with Gasteiger partial charge in [0.15, 0.2) is 0 Å². The number of anilines is 1. The van der Waals surface area contributed by atoms with Gasteiger partial charge in [0.05, 0.1) is 11.7 Å². The highest BCUT2D eigenvalue weighted by molar-refractivity contribution is 6.39. The molecule has 1 unspecified atom stereocenters. The molecule has 29 heavy (non-hydrogen) atoms. The van der Waals surface area contributed by atoms with Gasteiger partial charge in [0, 0.05) is 6.54 Å². The lowest BCUT2D eigenvalue weighted by Crippen LogP contribution is -2.56. The van der Waals surface area contributed by atoms with Crippen LogP contribution in [0.3, 0.4) is 0 Å². The first kappa shape index (κ1) is 19.1. The molecule has 0 bridgehead atoms. The molecule has 0 aromatic heterocycles. The van der Waals surface area contributed by atoms with Crippen LogP contribution in [0.25, 0.3) is 0 Å². The van der Waals surface area contributed by atoms with Crippen LogP contribution in [-0.4, -0.2) is 48.7 Å². The molecule has 7 nitrogen and oxygen atoms in total. The van der Waals surface area contributed by atoms with Gasteiger partial charge < -0.3 is 5.32 Å². The maximum Gasteiger partial charge on any atom is 0.288 e. The Labute approximate surface area is 170 Å². The van der Waals surface area contributed by atoms with Gasteiger partial charge >= 0.3 is 0 Å². The van der Waals surface area contributed by atoms with E-state index in [0.717, 1.165) is 13.1 Å². The maximum absolute atomic E-state index is 12.8. The van der Waals surface area contributed by atoms with Crippen LogP contribution in [0, 0.1) is 0 Å². The summed E-state index contributed by atoms with van der Waals surface area (Å²) in [6.07, 6.45) is 2.36. The Morgan fingerprint density at radius 3 is 2.38 bits per heavy atom. The van der Waals surface area contributed by atoms with Gasteiger partial charge in [-0.1, -0.05) is 48.5 Å². The molecule has 2 aliphatic heterocycles. The summed E-state index contributed by atoms with van der Waals surface area (Å²) in [5.74, 6) is -0.354. The van der Waals surface area contributed by atoms with Gasteiger partial charge in [-0.25, -0.2) is 5.01 Å². The van der Waals surface area contributed by atoms with Crippen molar-refractivity contribution in [2.24, 2.45) is 4.99 Å². The number of hydrogen-bond acceptors (Lipinski definition) is 5. The van der Waals surface area contributed by atoms with Gasteiger partial charge in [-0.15, -0.1) is 0 Å². The van der Waals surface area contributed by atoms with Crippen LogP contribution >= 0.6 is 0 Å². The smallest absolute Gasteiger partial charge is 0.288 e. The predicted octanol–water partition coefficient (Wildman–Crippen LogP) is 1.89. The molecule has 0 aliphatic carbocycles. The summed E-state index contributed by atoms with van der Waals surface area (Å²) in [6, 6.07) is 19.6. The number of rotatable bonds is 6. The van der Waals surface area contributed by atoms with Gasteiger partial charge in [-0.05, 0) is 43.6 Å². The number of hydrazine groups is 1. The van der Waals surface area contributed by atoms with E-state index < -0.39 is 0 Å². The molecule has 0 saturated carbocycles. The molecule has 1 atom stereocenters. The Bertz CT molecular complexity index is 879. The van der Waals surface area contributed by atoms with E-state index in [1.807, 2.05) is 48.5 Å². The average molecular weight is 391 g/mol. The first-order chi connectivity index (χ1) is 14.2. The molecule has 0 radical (unpaired) electrons. The van der Waals surface area contributed by atoms with Gasteiger partial charge in [0.2, 0.25) is 5.84 Å². The maximum atomic E-state index is 12.8. The Morgan fingerprint density at radius 2 is 1.69 bits per heavy atom. The molecule has 2 aromatic carbocycles. The molecule has 0 spiro atoms. The highest BCUT2D eigenvalue weighted by atomic mass is 16.2. The second-order valence-corrected chi connectivity index (χ2v) is 7.22. The standard InChI is InChI=1S/C22H25N5O2/c28-20-16-23-21(25-27(20)18-11-5-2-6-12-18)22(29)24-15-19(26-13-7-8-14-26)17-9-3-1-4-10-17/h1-6,9-12,19H,7-8,13-16H2,(H,23,25)(H,24,29). The van der Waals surface area contributed by atoms with Crippen LogP contribution in [0.5, 0.6) is 0 Å². The zero-order valence-corrected chi connectivity index (χ0v) is 16.3. The van der Waals surface area contributed by atoms with Crippen LogP contribution < -0.4 is 15.8 Å². The molecule has 7 heteroatoms. The monoisotopic (exact) mass is 391 g/mol. The van der Waals surface area contributed by atoms with E-state index in [9.17, 15) is 9.59 Å². The Morgan fingerprint density at radius 1 is 1.03 bits per heavy atom. The number of amides is 2. The lowest BCUT2D eigenvalue weighted by Gasteiger charge is -2.30. The molecule has 1 fully saturated rings. The van der Waals surface area contributed by atoms with Gasteiger partial charge in [0.1, 0.15) is 6.54 Å². The first-order valence-corrected chi connectivity index (χ1v) is 9.98. The topological polar surface area (TPSA) is 77.0 Å². The van der Waals surface area contributed by atoms with Gasteiger partial charge in [-0.3, -0.25) is 24.9 Å². The number of amidine groups is 1. The van der Waals surface area contributed by atoms with Crippen LogP contribution in [-0.2, 0) is 9.59 Å². The number of para-hydroxylation sites is 1. The van der Waals surface area contributed by atoms with Crippen molar-refractivity contribution in [3.8, 4) is 0 Å². The molecular formula is C22H25N5O2. The second kappa shape index (κ2) is 8.87. The van der Waals surface area contributed by atoms with E-state index in [-0.39, 0.29) is 30.2 Å². The lowest BCUT2D eigenvalue weighted by molar-refractivity contribution is -0.118. The summed E-state index contributed by atoms with van der Waals surface area (Å²) in [4.78, 5) is 31.5. The number of nitrogens with one attached hydrogen (secondary N) is 2. The fourth-order valence-electron chi connectivity index (χ4n) is 3.79. The van der Waals surface area contributed by atoms with Crippen molar-refractivity contribution in [3.05, 3.63) is 66.2 Å². The van der Waals surface area contributed by atoms with E-state index in [1.54, 1.807) is 0 Å². The number of carbonyl (C=O) groups is 2. The zero-order valence-electron chi connectivity index (χ0n) is 16.3. The Balaban J connectivity index is 1.43. The normalized spacial score (nSPS) is 18.1. The third-order valence-electron chi connectivity index (χ3n) is 5.29. The van der Waals surface area contributed by atoms with E-state index in [4.69, 9.17) is 0 Å². The lowest BCUT2D eigenvalue weighted by atomic mass is 10.1. The highest BCUT2D eigenvalue weighted by Crippen LogP contribution is 2.24. The molecular weight excluding hydrogens is 366 g/mol. The summed E-state index contributed by atoms with van der Waals surface area (Å²) in [6.45, 7) is 2.50. The summed E-state index contributed by atoms with van der Waals surface area (Å²) in [5.41, 5.74) is 4.73. The van der Waals surface area contributed by atoms with Crippen molar-refractivity contribution in [1.82, 2.24) is 15.6 Å². The van der Waals surface area contributed by atoms with E-state index >= 15 is 0 Å². The third kappa shape index (κ3) is 4.46. The second-order valence-electron chi connectivity index (χ2n) is 7.22. The van der Waals surface area contributed by atoms with Crippen molar-refractivity contribution in [2.75, 3.05) is 31.2 Å². The third-order valence-corrected chi connectivity index (χ3v) is 5.29. The number of aliphatic imine (C=N–C) groups is 1. The Hall–Kier alpha value is -3.19. The molecule has 2 aromatic rings. The summed E-state index contributed by atoms with van der Waals surface area (Å²) >= 11 is 0. The van der Waals surface area contributed by atoms with Crippen LogP contribution in [0.2, 0.25) is 0 Å². The summed E-state index contributed by atoms with van der Waals surface area (Å²) < 4.78 is 0. The zero-order chi connectivity index (χ0) is 20.1. The van der Waals surface area contributed by atoms with E-state index in [0.29, 0.717) is 12.2 Å². The minimum atomic E-state index is -0.307. The molecule has 2 amide bonds. The Kier molecular flexibility index (Phi) is 5.86. The van der Waals surface area contributed by atoms with Crippen molar-refractivity contribution < 1.29 is 9.59 Å². The molecule has 150 valence electrons. The van der Waals surface area contributed by atoms with Gasteiger partial charge in [-0.2, -0.15) is 0 Å².